The Bertz CT molecular complexity index is 956. The lowest BCUT2D eigenvalue weighted by Crippen LogP contribution is -2.67. The third kappa shape index (κ3) is 2.32. The fourth-order valence-electron chi connectivity index (χ4n) is 4.29. The molecule has 2 aliphatic heterocycles. The quantitative estimate of drug-likeness (QED) is 0.649. The van der Waals surface area contributed by atoms with Gasteiger partial charge in [-0.15, -0.1) is 11.8 Å². The van der Waals surface area contributed by atoms with Gasteiger partial charge in [-0.1, -0.05) is 52.4 Å². The van der Waals surface area contributed by atoms with Crippen LogP contribution in [0, 0.1) is 12.8 Å². The Morgan fingerprint density at radius 1 is 1.37 bits per heavy atom. The molecule has 0 spiro atoms. The molecular weight excluding hydrogens is 448 g/mol. The fourth-order valence-corrected chi connectivity index (χ4v) is 6.86. The van der Waals surface area contributed by atoms with Crippen LogP contribution in [0.2, 0.25) is 0 Å². The maximum Gasteiger partial charge on any atom is 0.336 e. The highest BCUT2D eigenvalue weighted by Gasteiger charge is 2.72. The highest BCUT2D eigenvalue weighted by Crippen LogP contribution is 2.64. The SMILES string of the molecule is Cc1onc(-c2ccc(Br)cc2)c1[C@@]1(C(=O)O)N2C(=S)[C@@H](C)[C@H]2SC1(C)C. The molecule has 0 saturated carbocycles. The number of carbonyl (C=O) groups is 1. The molecule has 1 N–H and O–H groups in total. The number of thiocarbonyl (C=S) groups is 1. The Kier molecular flexibility index (Phi) is 4.25. The summed E-state index contributed by atoms with van der Waals surface area (Å²) >= 11 is 10.7. The number of fused-ring (bicyclic) bond motifs is 1. The van der Waals surface area contributed by atoms with E-state index in [4.69, 9.17) is 16.7 Å². The molecule has 5 nitrogen and oxygen atoms in total. The zero-order valence-corrected chi connectivity index (χ0v) is 18.5. The van der Waals surface area contributed by atoms with Gasteiger partial charge < -0.3 is 14.5 Å². The van der Waals surface area contributed by atoms with Gasteiger partial charge in [0.2, 0.25) is 0 Å². The average molecular weight is 467 g/mol. The molecule has 2 aliphatic rings. The molecule has 1 aromatic heterocycles. The van der Waals surface area contributed by atoms with Crippen molar-refractivity contribution in [3.63, 3.8) is 0 Å². The van der Waals surface area contributed by atoms with Crippen molar-refractivity contribution >= 4 is 50.9 Å². The second kappa shape index (κ2) is 6.06. The number of aryl methyl sites for hydroxylation is 1. The Labute approximate surface area is 175 Å². The number of thioether (sulfide) groups is 1. The van der Waals surface area contributed by atoms with E-state index in [1.165, 1.54) is 0 Å². The van der Waals surface area contributed by atoms with Crippen molar-refractivity contribution in [1.29, 1.82) is 0 Å². The molecule has 4 rings (SSSR count). The minimum absolute atomic E-state index is 0.0377. The van der Waals surface area contributed by atoms with Crippen LogP contribution in [0.1, 0.15) is 32.1 Å². The molecule has 0 radical (unpaired) electrons. The minimum Gasteiger partial charge on any atom is -0.479 e. The highest BCUT2D eigenvalue weighted by atomic mass is 79.9. The number of nitrogens with zero attached hydrogens (tertiary/aromatic N) is 2. The normalized spacial score (nSPS) is 28.8. The standard InChI is InChI=1S/C19H19BrN2O3S2/c1-9-15(26)22-16(9)27-18(3,4)19(22,17(23)24)13-10(2)25-21-14(13)11-5-7-12(20)8-6-11/h5-9,16H,1-4H3,(H,23,24)/t9-,16-,19+/m1/s1. The summed E-state index contributed by atoms with van der Waals surface area (Å²) < 4.78 is 5.84. The van der Waals surface area contributed by atoms with Crippen molar-refractivity contribution < 1.29 is 14.4 Å². The topological polar surface area (TPSA) is 66.6 Å². The summed E-state index contributed by atoms with van der Waals surface area (Å²) in [6.45, 7) is 7.77. The van der Waals surface area contributed by atoms with E-state index in [1.807, 2.05) is 43.0 Å². The van der Waals surface area contributed by atoms with Crippen molar-refractivity contribution in [2.45, 2.75) is 43.4 Å². The van der Waals surface area contributed by atoms with Crippen molar-refractivity contribution in [3.05, 3.63) is 40.1 Å². The first-order chi connectivity index (χ1) is 12.6. The Morgan fingerprint density at radius 2 is 2.00 bits per heavy atom. The third-order valence-electron chi connectivity index (χ3n) is 5.61. The Balaban J connectivity index is 2.00. The number of carboxylic acids is 1. The maximum atomic E-state index is 12.9. The fraction of sp³-hybridized carbons (Fsp3) is 0.421. The monoisotopic (exact) mass is 466 g/mol. The van der Waals surface area contributed by atoms with Crippen LogP contribution in [-0.4, -0.2) is 36.2 Å². The van der Waals surface area contributed by atoms with Crippen LogP contribution in [0.3, 0.4) is 0 Å². The lowest BCUT2D eigenvalue weighted by molar-refractivity contribution is -0.152. The molecular formula is C19H19BrN2O3S2. The van der Waals surface area contributed by atoms with E-state index < -0.39 is 16.3 Å². The summed E-state index contributed by atoms with van der Waals surface area (Å²) in [5.41, 5.74) is 0.623. The van der Waals surface area contributed by atoms with Crippen LogP contribution in [0.4, 0.5) is 0 Å². The number of carboxylic acid groups (broad SMARTS) is 1. The van der Waals surface area contributed by atoms with E-state index >= 15 is 0 Å². The first-order valence-corrected chi connectivity index (χ1v) is 10.7. The van der Waals surface area contributed by atoms with Crippen LogP contribution in [0.25, 0.3) is 11.3 Å². The predicted octanol–water partition coefficient (Wildman–Crippen LogP) is 4.82. The second-order valence-corrected chi connectivity index (χ2v) is 10.6. The molecule has 0 unspecified atom stereocenters. The summed E-state index contributed by atoms with van der Waals surface area (Å²) in [6.07, 6.45) is 0. The number of aliphatic carboxylic acids is 1. The molecule has 0 amide bonds. The maximum absolute atomic E-state index is 12.9. The van der Waals surface area contributed by atoms with Crippen LogP contribution >= 0.6 is 39.9 Å². The first kappa shape index (κ1) is 19.0. The van der Waals surface area contributed by atoms with Crippen LogP contribution < -0.4 is 0 Å². The number of rotatable bonds is 3. The van der Waals surface area contributed by atoms with Gasteiger partial charge in [0.15, 0.2) is 5.54 Å². The van der Waals surface area contributed by atoms with Crippen LogP contribution in [0.5, 0.6) is 0 Å². The molecule has 2 fully saturated rings. The number of aromatic nitrogens is 1. The van der Waals surface area contributed by atoms with Crippen molar-refractivity contribution in [1.82, 2.24) is 10.1 Å². The molecule has 142 valence electrons. The molecule has 2 aromatic rings. The lowest BCUT2D eigenvalue weighted by atomic mass is 9.73. The van der Waals surface area contributed by atoms with Gasteiger partial charge in [0.1, 0.15) is 11.5 Å². The summed E-state index contributed by atoms with van der Waals surface area (Å²) in [6, 6.07) is 7.63. The molecule has 3 heterocycles. The average Bonchev–Trinajstić information content (AvgIpc) is 3.09. The number of hydrogen-bond donors (Lipinski definition) is 1. The lowest BCUT2D eigenvalue weighted by Gasteiger charge is -2.51. The van der Waals surface area contributed by atoms with Crippen LogP contribution in [0.15, 0.2) is 33.3 Å². The Morgan fingerprint density at radius 3 is 2.59 bits per heavy atom. The van der Waals surface area contributed by atoms with Gasteiger partial charge >= 0.3 is 5.97 Å². The molecule has 8 heteroatoms. The van der Waals surface area contributed by atoms with E-state index in [-0.39, 0.29) is 11.3 Å². The minimum atomic E-state index is -1.33. The van der Waals surface area contributed by atoms with Gasteiger partial charge in [0.05, 0.1) is 20.7 Å². The van der Waals surface area contributed by atoms with Crippen molar-refractivity contribution in [2.24, 2.45) is 5.92 Å². The van der Waals surface area contributed by atoms with Crippen LogP contribution in [-0.2, 0) is 10.3 Å². The summed E-state index contributed by atoms with van der Waals surface area (Å²) in [5, 5.41) is 14.8. The summed E-state index contributed by atoms with van der Waals surface area (Å²) in [5.74, 6) is -0.254. The van der Waals surface area contributed by atoms with E-state index in [2.05, 4.69) is 28.0 Å². The zero-order valence-electron chi connectivity index (χ0n) is 15.3. The van der Waals surface area contributed by atoms with E-state index in [0.29, 0.717) is 22.0 Å². The summed E-state index contributed by atoms with van der Waals surface area (Å²) in [7, 11) is 0. The summed E-state index contributed by atoms with van der Waals surface area (Å²) in [4.78, 5) is 15.5. The molecule has 1 aromatic carbocycles. The molecule has 27 heavy (non-hydrogen) atoms. The van der Waals surface area contributed by atoms with Crippen molar-refractivity contribution in [2.75, 3.05) is 0 Å². The van der Waals surface area contributed by atoms with Gasteiger partial charge in [-0.25, -0.2) is 4.79 Å². The largest absolute Gasteiger partial charge is 0.479 e. The molecule has 2 saturated heterocycles. The number of halogens is 1. The van der Waals surface area contributed by atoms with E-state index in [0.717, 1.165) is 10.0 Å². The van der Waals surface area contributed by atoms with Gasteiger partial charge in [0, 0.05) is 16.0 Å². The second-order valence-electron chi connectivity index (χ2n) is 7.50. The van der Waals surface area contributed by atoms with Gasteiger partial charge in [-0.2, -0.15) is 0 Å². The third-order valence-corrected chi connectivity index (χ3v) is 8.45. The predicted molar refractivity (Wildman–Crippen MR) is 113 cm³/mol. The van der Waals surface area contributed by atoms with E-state index in [9.17, 15) is 9.90 Å². The number of hydrogen-bond acceptors (Lipinski definition) is 5. The molecule has 0 bridgehead atoms. The van der Waals surface area contributed by atoms with Gasteiger partial charge in [-0.3, -0.25) is 0 Å². The highest BCUT2D eigenvalue weighted by molar-refractivity contribution is 9.10. The van der Waals surface area contributed by atoms with Gasteiger partial charge in [0.25, 0.3) is 0 Å². The molecule has 0 aliphatic carbocycles. The molecule has 3 atom stereocenters. The smallest absolute Gasteiger partial charge is 0.336 e. The van der Waals surface area contributed by atoms with Crippen molar-refractivity contribution in [3.8, 4) is 11.3 Å². The Hall–Kier alpha value is -1.38. The zero-order chi connectivity index (χ0) is 19.7. The number of benzene rings is 1. The van der Waals surface area contributed by atoms with Gasteiger partial charge in [-0.05, 0) is 32.9 Å². The van der Waals surface area contributed by atoms with E-state index in [1.54, 1.807) is 18.7 Å². The first-order valence-electron chi connectivity index (χ1n) is 8.60.